The minimum Gasteiger partial charge on any atom is -0.355 e. The van der Waals surface area contributed by atoms with Gasteiger partial charge in [0.2, 0.25) is 5.91 Å². The quantitative estimate of drug-likeness (QED) is 0.775. The van der Waals surface area contributed by atoms with Crippen molar-refractivity contribution in [1.82, 2.24) is 5.32 Å². The second-order valence-corrected chi connectivity index (χ2v) is 8.64. The van der Waals surface area contributed by atoms with Gasteiger partial charge in [-0.05, 0) is 18.1 Å². The van der Waals surface area contributed by atoms with Crippen LogP contribution in [0.15, 0.2) is 24.3 Å². The van der Waals surface area contributed by atoms with Crippen molar-refractivity contribution in [3.63, 3.8) is 0 Å². The Balaban J connectivity index is 2.13. The van der Waals surface area contributed by atoms with Crippen LogP contribution in [0.1, 0.15) is 31.9 Å². The number of aryl methyl sites for hydroxylation is 1. The van der Waals surface area contributed by atoms with E-state index in [1.807, 2.05) is 23.9 Å². The maximum absolute atomic E-state index is 11.7. The molecule has 1 N–H and O–H groups in total. The van der Waals surface area contributed by atoms with Crippen LogP contribution in [-0.4, -0.2) is 28.7 Å². The van der Waals surface area contributed by atoms with Crippen LogP contribution in [0.25, 0.3) is 0 Å². The standard InChI is InChI=1S/C16H25NOS2/c1-13-7-5-6-8-14(13)11-19-12-15(18)17-9-10-20-16(2,3)4/h5-8H,9-12H2,1-4H3,(H,17,18). The Morgan fingerprint density at radius 3 is 2.60 bits per heavy atom. The molecule has 0 saturated carbocycles. The highest BCUT2D eigenvalue weighted by Crippen LogP contribution is 2.22. The van der Waals surface area contributed by atoms with Crippen LogP contribution >= 0.6 is 23.5 Å². The summed E-state index contributed by atoms with van der Waals surface area (Å²) in [5.41, 5.74) is 2.61. The van der Waals surface area contributed by atoms with Crippen molar-refractivity contribution in [2.75, 3.05) is 18.1 Å². The Morgan fingerprint density at radius 2 is 1.95 bits per heavy atom. The van der Waals surface area contributed by atoms with Crippen LogP contribution in [0.4, 0.5) is 0 Å². The first kappa shape index (κ1) is 17.4. The summed E-state index contributed by atoms with van der Waals surface area (Å²) in [6.45, 7) is 9.44. The number of benzene rings is 1. The van der Waals surface area contributed by atoms with Crippen molar-refractivity contribution < 1.29 is 4.79 Å². The first-order valence-electron chi connectivity index (χ1n) is 6.91. The number of nitrogens with one attached hydrogen (secondary N) is 1. The Kier molecular flexibility index (Phi) is 7.52. The lowest BCUT2D eigenvalue weighted by Gasteiger charge is -2.17. The third-order valence-corrected chi connectivity index (χ3v) is 4.97. The second kappa shape index (κ2) is 8.63. The molecular weight excluding hydrogens is 286 g/mol. The largest absolute Gasteiger partial charge is 0.355 e. The number of hydrogen-bond acceptors (Lipinski definition) is 3. The molecule has 0 bridgehead atoms. The summed E-state index contributed by atoms with van der Waals surface area (Å²) in [6, 6.07) is 8.33. The van der Waals surface area contributed by atoms with E-state index in [-0.39, 0.29) is 10.7 Å². The van der Waals surface area contributed by atoms with Crippen molar-refractivity contribution in [2.24, 2.45) is 0 Å². The highest BCUT2D eigenvalue weighted by atomic mass is 32.2. The monoisotopic (exact) mass is 311 g/mol. The number of carbonyl (C=O) groups is 1. The zero-order chi connectivity index (χ0) is 15.0. The smallest absolute Gasteiger partial charge is 0.230 e. The summed E-state index contributed by atoms with van der Waals surface area (Å²) in [5.74, 6) is 2.54. The lowest BCUT2D eigenvalue weighted by Crippen LogP contribution is -2.28. The second-order valence-electron chi connectivity index (χ2n) is 5.73. The molecule has 0 spiro atoms. The summed E-state index contributed by atoms with van der Waals surface area (Å²) >= 11 is 3.55. The van der Waals surface area contributed by atoms with Crippen molar-refractivity contribution >= 4 is 29.4 Å². The van der Waals surface area contributed by atoms with E-state index in [0.29, 0.717) is 5.75 Å². The third-order valence-electron chi connectivity index (χ3n) is 2.71. The van der Waals surface area contributed by atoms with Gasteiger partial charge in [-0.25, -0.2) is 0 Å². The van der Waals surface area contributed by atoms with Gasteiger partial charge in [-0.3, -0.25) is 4.79 Å². The van der Waals surface area contributed by atoms with Crippen molar-refractivity contribution in [3.8, 4) is 0 Å². The normalized spacial score (nSPS) is 11.4. The summed E-state index contributed by atoms with van der Waals surface area (Å²) in [4.78, 5) is 11.7. The molecule has 0 aliphatic heterocycles. The fourth-order valence-electron chi connectivity index (χ4n) is 1.62. The first-order chi connectivity index (χ1) is 9.38. The predicted octanol–water partition coefficient (Wildman–Crippen LogP) is 3.88. The molecule has 112 valence electrons. The topological polar surface area (TPSA) is 29.1 Å². The Morgan fingerprint density at radius 1 is 1.25 bits per heavy atom. The number of amides is 1. The van der Waals surface area contributed by atoms with E-state index in [0.717, 1.165) is 18.1 Å². The first-order valence-corrected chi connectivity index (χ1v) is 9.05. The van der Waals surface area contributed by atoms with Gasteiger partial charge in [-0.15, -0.1) is 11.8 Å². The van der Waals surface area contributed by atoms with E-state index in [9.17, 15) is 4.79 Å². The highest BCUT2D eigenvalue weighted by molar-refractivity contribution is 8.00. The minimum atomic E-state index is 0.137. The van der Waals surface area contributed by atoms with Gasteiger partial charge in [0.1, 0.15) is 0 Å². The van der Waals surface area contributed by atoms with E-state index < -0.39 is 0 Å². The van der Waals surface area contributed by atoms with Crippen LogP contribution in [0.5, 0.6) is 0 Å². The van der Waals surface area contributed by atoms with E-state index in [1.165, 1.54) is 11.1 Å². The molecule has 0 fully saturated rings. The summed E-state index contributed by atoms with van der Waals surface area (Å²) in [7, 11) is 0. The molecule has 1 rings (SSSR count). The maximum Gasteiger partial charge on any atom is 0.230 e. The molecule has 0 saturated heterocycles. The molecule has 0 aliphatic rings. The van der Waals surface area contributed by atoms with Crippen LogP contribution in [0.3, 0.4) is 0 Å². The zero-order valence-corrected chi connectivity index (χ0v) is 14.5. The van der Waals surface area contributed by atoms with Crippen LogP contribution in [0, 0.1) is 6.92 Å². The molecule has 1 amide bonds. The zero-order valence-electron chi connectivity index (χ0n) is 12.9. The van der Waals surface area contributed by atoms with E-state index in [2.05, 4.69) is 45.1 Å². The van der Waals surface area contributed by atoms with Crippen molar-refractivity contribution in [2.45, 2.75) is 38.2 Å². The average Bonchev–Trinajstić information content (AvgIpc) is 2.36. The summed E-state index contributed by atoms with van der Waals surface area (Å²) < 4.78 is 0.268. The molecule has 1 aromatic rings. The van der Waals surface area contributed by atoms with Crippen LogP contribution in [0.2, 0.25) is 0 Å². The van der Waals surface area contributed by atoms with Gasteiger partial charge < -0.3 is 5.32 Å². The summed E-state index contributed by atoms with van der Waals surface area (Å²) in [6.07, 6.45) is 0. The SMILES string of the molecule is Cc1ccccc1CSCC(=O)NCCSC(C)(C)C. The Bertz CT molecular complexity index is 427. The van der Waals surface area contributed by atoms with E-state index in [1.54, 1.807) is 11.8 Å². The van der Waals surface area contributed by atoms with Crippen LogP contribution < -0.4 is 5.32 Å². The molecule has 0 atom stereocenters. The fourth-order valence-corrected chi connectivity index (χ4v) is 3.37. The number of rotatable bonds is 7. The van der Waals surface area contributed by atoms with Crippen LogP contribution in [-0.2, 0) is 10.5 Å². The molecule has 20 heavy (non-hydrogen) atoms. The lowest BCUT2D eigenvalue weighted by atomic mass is 10.1. The fraction of sp³-hybridized carbons (Fsp3) is 0.562. The summed E-state index contributed by atoms with van der Waals surface area (Å²) in [5, 5.41) is 2.98. The Labute approximate surface area is 131 Å². The molecule has 1 aromatic carbocycles. The van der Waals surface area contributed by atoms with Gasteiger partial charge in [0.15, 0.2) is 0 Å². The molecule has 0 heterocycles. The average molecular weight is 312 g/mol. The maximum atomic E-state index is 11.7. The van der Waals surface area contributed by atoms with E-state index >= 15 is 0 Å². The van der Waals surface area contributed by atoms with Gasteiger partial charge in [0, 0.05) is 22.8 Å². The minimum absolute atomic E-state index is 0.137. The molecular formula is C16H25NOS2. The van der Waals surface area contributed by atoms with Crippen molar-refractivity contribution in [1.29, 1.82) is 0 Å². The number of hydrogen-bond donors (Lipinski definition) is 1. The Hall–Kier alpha value is -0.610. The molecule has 2 nitrogen and oxygen atoms in total. The van der Waals surface area contributed by atoms with Gasteiger partial charge in [0.25, 0.3) is 0 Å². The molecule has 0 aromatic heterocycles. The van der Waals surface area contributed by atoms with Gasteiger partial charge >= 0.3 is 0 Å². The number of carbonyl (C=O) groups excluding carboxylic acids is 1. The molecule has 4 heteroatoms. The number of thioether (sulfide) groups is 2. The third kappa shape index (κ3) is 7.85. The van der Waals surface area contributed by atoms with Gasteiger partial charge in [0.05, 0.1) is 5.75 Å². The highest BCUT2D eigenvalue weighted by Gasteiger charge is 2.10. The predicted molar refractivity (Wildman–Crippen MR) is 92.6 cm³/mol. The molecule has 0 unspecified atom stereocenters. The van der Waals surface area contributed by atoms with Gasteiger partial charge in [-0.2, -0.15) is 11.8 Å². The van der Waals surface area contributed by atoms with Gasteiger partial charge in [-0.1, -0.05) is 45.0 Å². The van der Waals surface area contributed by atoms with Crippen molar-refractivity contribution in [3.05, 3.63) is 35.4 Å². The lowest BCUT2D eigenvalue weighted by molar-refractivity contribution is -0.118. The molecule has 0 radical (unpaired) electrons. The molecule has 0 aliphatic carbocycles. The van der Waals surface area contributed by atoms with E-state index in [4.69, 9.17) is 0 Å².